The van der Waals surface area contributed by atoms with Crippen molar-refractivity contribution in [1.82, 2.24) is 9.80 Å². The molecule has 0 bridgehead atoms. The zero-order valence-corrected chi connectivity index (χ0v) is 14.3. The maximum Gasteiger partial charge on any atom is 0.230 e. The minimum atomic E-state index is -0.509. The van der Waals surface area contributed by atoms with Crippen molar-refractivity contribution in [2.24, 2.45) is 11.1 Å². The highest BCUT2D eigenvalue weighted by Gasteiger charge is 2.43. The normalized spacial score (nSPS) is 23.4. The summed E-state index contributed by atoms with van der Waals surface area (Å²) >= 11 is 0. The van der Waals surface area contributed by atoms with E-state index in [1.165, 1.54) is 32.4 Å². The molecule has 2 aliphatic heterocycles. The molecule has 0 aromatic heterocycles. The number of piperidine rings is 2. The van der Waals surface area contributed by atoms with Crippen LogP contribution in [-0.4, -0.2) is 53.5 Å². The largest absolute Gasteiger partial charge is 0.342 e. The molecule has 0 aromatic carbocycles. The predicted molar refractivity (Wildman–Crippen MR) is 87.1 cm³/mol. The van der Waals surface area contributed by atoms with Gasteiger partial charge in [0, 0.05) is 24.7 Å². The van der Waals surface area contributed by atoms with Gasteiger partial charge in [0.2, 0.25) is 5.91 Å². The standard InChI is InChI=1S/C17H33N3O/c1-16(2,17(3,4)18)15(21)20-12-8-14(9-13-20)19-10-6-5-7-11-19/h14H,5-13,18H2,1-4H3. The van der Waals surface area contributed by atoms with Crippen molar-refractivity contribution >= 4 is 5.91 Å². The van der Waals surface area contributed by atoms with Crippen LogP contribution in [0.1, 0.15) is 59.8 Å². The van der Waals surface area contributed by atoms with Crippen LogP contribution < -0.4 is 5.73 Å². The van der Waals surface area contributed by atoms with E-state index in [0.29, 0.717) is 6.04 Å². The Hall–Kier alpha value is -0.610. The molecule has 0 spiro atoms. The molecule has 2 aliphatic rings. The number of likely N-dealkylation sites (tertiary alicyclic amines) is 2. The summed E-state index contributed by atoms with van der Waals surface area (Å²) in [6.45, 7) is 12.1. The van der Waals surface area contributed by atoms with Gasteiger partial charge in [0.1, 0.15) is 0 Å². The fourth-order valence-electron chi connectivity index (χ4n) is 3.39. The van der Waals surface area contributed by atoms with Crippen LogP contribution in [0, 0.1) is 5.41 Å². The van der Waals surface area contributed by atoms with Crippen molar-refractivity contribution in [2.45, 2.75) is 71.4 Å². The molecule has 0 radical (unpaired) electrons. The summed E-state index contributed by atoms with van der Waals surface area (Å²) in [5.41, 5.74) is 5.21. The third-order valence-electron chi connectivity index (χ3n) is 5.80. The predicted octanol–water partition coefficient (Wildman–Crippen LogP) is 2.23. The molecule has 21 heavy (non-hydrogen) atoms. The summed E-state index contributed by atoms with van der Waals surface area (Å²) in [5, 5.41) is 0. The average molecular weight is 295 g/mol. The molecule has 2 fully saturated rings. The van der Waals surface area contributed by atoms with Crippen LogP contribution in [-0.2, 0) is 4.79 Å². The van der Waals surface area contributed by atoms with Crippen molar-refractivity contribution in [2.75, 3.05) is 26.2 Å². The van der Waals surface area contributed by atoms with Gasteiger partial charge in [-0.05, 0) is 66.5 Å². The SMILES string of the molecule is CC(C)(N)C(C)(C)C(=O)N1CCC(N2CCCCC2)CC1. The lowest BCUT2D eigenvalue weighted by Gasteiger charge is -2.45. The minimum Gasteiger partial charge on any atom is -0.342 e. The molecule has 0 aliphatic carbocycles. The van der Waals surface area contributed by atoms with Crippen LogP contribution in [0.15, 0.2) is 0 Å². The van der Waals surface area contributed by atoms with Gasteiger partial charge in [-0.1, -0.05) is 6.42 Å². The highest BCUT2D eigenvalue weighted by Crippen LogP contribution is 2.32. The molecule has 2 N–H and O–H groups in total. The quantitative estimate of drug-likeness (QED) is 0.868. The van der Waals surface area contributed by atoms with E-state index in [9.17, 15) is 4.79 Å². The lowest BCUT2D eigenvalue weighted by Crippen LogP contribution is -2.58. The molecule has 0 saturated carbocycles. The van der Waals surface area contributed by atoms with Crippen LogP contribution in [0.4, 0.5) is 0 Å². The number of nitrogens with zero attached hydrogens (tertiary/aromatic N) is 2. The van der Waals surface area contributed by atoms with Gasteiger partial charge in [0.05, 0.1) is 5.41 Å². The Bertz CT molecular complexity index is 359. The van der Waals surface area contributed by atoms with Gasteiger partial charge in [-0.3, -0.25) is 4.79 Å². The Labute approximate surface area is 130 Å². The minimum absolute atomic E-state index is 0.215. The first-order valence-electron chi connectivity index (χ1n) is 8.56. The molecule has 1 amide bonds. The van der Waals surface area contributed by atoms with Crippen molar-refractivity contribution < 1.29 is 4.79 Å². The zero-order chi connectivity index (χ0) is 15.7. The Balaban J connectivity index is 1.90. The van der Waals surface area contributed by atoms with Crippen molar-refractivity contribution in [1.29, 1.82) is 0 Å². The monoisotopic (exact) mass is 295 g/mol. The second-order valence-corrected chi connectivity index (χ2v) is 7.97. The number of nitrogens with two attached hydrogens (primary N) is 1. The summed E-state index contributed by atoms with van der Waals surface area (Å²) in [4.78, 5) is 17.5. The van der Waals surface area contributed by atoms with Gasteiger partial charge >= 0.3 is 0 Å². The molecule has 122 valence electrons. The van der Waals surface area contributed by atoms with E-state index >= 15 is 0 Å². The van der Waals surface area contributed by atoms with E-state index in [-0.39, 0.29) is 5.91 Å². The van der Waals surface area contributed by atoms with E-state index in [0.717, 1.165) is 25.9 Å². The van der Waals surface area contributed by atoms with Gasteiger partial charge in [-0.25, -0.2) is 0 Å². The smallest absolute Gasteiger partial charge is 0.230 e. The fourth-order valence-corrected chi connectivity index (χ4v) is 3.39. The van der Waals surface area contributed by atoms with E-state index in [4.69, 9.17) is 5.73 Å². The number of carbonyl (C=O) groups is 1. The second-order valence-electron chi connectivity index (χ2n) is 7.97. The summed E-state index contributed by atoms with van der Waals surface area (Å²) in [6, 6.07) is 0.684. The molecule has 0 aromatic rings. The molecule has 0 unspecified atom stereocenters. The molecule has 4 heteroatoms. The molecule has 2 rings (SSSR count). The summed E-state index contributed by atoms with van der Waals surface area (Å²) in [7, 11) is 0. The van der Waals surface area contributed by atoms with Gasteiger partial charge in [-0.2, -0.15) is 0 Å². The molecule has 2 saturated heterocycles. The number of amides is 1. The number of carbonyl (C=O) groups excluding carboxylic acids is 1. The Morgan fingerprint density at radius 2 is 1.48 bits per heavy atom. The highest BCUT2D eigenvalue weighted by molar-refractivity contribution is 5.83. The first-order chi connectivity index (χ1) is 9.73. The first kappa shape index (κ1) is 16.8. The zero-order valence-electron chi connectivity index (χ0n) is 14.3. The first-order valence-corrected chi connectivity index (χ1v) is 8.56. The van der Waals surface area contributed by atoms with Crippen molar-refractivity contribution in [3.05, 3.63) is 0 Å². The molecule has 0 atom stereocenters. The molecule has 4 nitrogen and oxygen atoms in total. The van der Waals surface area contributed by atoms with Crippen LogP contribution >= 0.6 is 0 Å². The maximum absolute atomic E-state index is 12.8. The number of hydrogen-bond donors (Lipinski definition) is 1. The van der Waals surface area contributed by atoms with Crippen molar-refractivity contribution in [3.63, 3.8) is 0 Å². The number of hydrogen-bond acceptors (Lipinski definition) is 3. The van der Waals surface area contributed by atoms with Crippen LogP contribution in [0.25, 0.3) is 0 Å². The number of rotatable bonds is 3. The lowest BCUT2D eigenvalue weighted by molar-refractivity contribution is -0.145. The van der Waals surface area contributed by atoms with E-state index in [1.54, 1.807) is 0 Å². The third kappa shape index (κ3) is 3.59. The summed E-state index contributed by atoms with van der Waals surface area (Å²) in [5.74, 6) is 0.215. The maximum atomic E-state index is 12.8. The van der Waals surface area contributed by atoms with E-state index in [2.05, 4.69) is 4.90 Å². The summed E-state index contributed by atoms with van der Waals surface area (Å²) in [6.07, 6.45) is 6.30. The topological polar surface area (TPSA) is 49.6 Å². The highest BCUT2D eigenvalue weighted by atomic mass is 16.2. The Morgan fingerprint density at radius 1 is 0.952 bits per heavy atom. The van der Waals surface area contributed by atoms with Gasteiger partial charge in [-0.15, -0.1) is 0 Å². The van der Waals surface area contributed by atoms with Gasteiger partial charge < -0.3 is 15.5 Å². The molecular formula is C17H33N3O. The fraction of sp³-hybridized carbons (Fsp3) is 0.941. The van der Waals surface area contributed by atoms with E-state index < -0.39 is 11.0 Å². The summed E-state index contributed by atoms with van der Waals surface area (Å²) < 4.78 is 0. The van der Waals surface area contributed by atoms with E-state index in [1.807, 2.05) is 32.6 Å². The van der Waals surface area contributed by atoms with Crippen molar-refractivity contribution in [3.8, 4) is 0 Å². The lowest BCUT2D eigenvalue weighted by atomic mass is 9.74. The van der Waals surface area contributed by atoms with Crippen LogP contribution in [0.5, 0.6) is 0 Å². The van der Waals surface area contributed by atoms with Crippen LogP contribution in [0.2, 0.25) is 0 Å². The Kier molecular flexibility index (Phi) is 4.99. The molecule has 2 heterocycles. The van der Waals surface area contributed by atoms with Crippen LogP contribution in [0.3, 0.4) is 0 Å². The van der Waals surface area contributed by atoms with Gasteiger partial charge in [0.25, 0.3) is 0 Å². The second kappa shape index (κ2) is 6.25. The Morgan fingerprint density at radius 3 is 1.95 bits per heavy atom. The average Bonchev–Trinajstić information content (AvgIpc) is 2.46. The molecular weight excluding hydrogens is 262 g/mol. The van der Waals surface area contributed by atoms with Gasteiger partial charge in [0.15, 0.2) is 0 Å². The third-order valence-corrected chi connectivity index (χ3v) is 5.80.